The number of hydrazine groups is 1. The van der Waals surface area contributed by atoms with E-state index in [9.17, 15) is 0 Å². The molecule has 1 aromatic carbocycles. The van der Waals surface area contributed by atoms with Crippen LogP contribution in [0.4, 0.5) is 0 Å². The fraction of sp³-hybridized carbons (Fsp3) is 0.167. The number of halogens is 2. The Morgan fingerprint density at radius 3 is 2.71 bits per heavy atom. The summed E-state index contributed by atoms with van der Waals surface area (Å²) in [5.41, 5.74) is 5.18. The van der Waals surface area contributed by atoms with Crippen molar-refractivity contribution >= 4 is 38.9 Å². The van der Waals surface area contributed by atoms with Crippen LogP contribution in [0.5, 0.6) is 0 Å². The van der Waals surface area contributed by atoms with E-state index >= 15 is 0 Å². The van der Waals surface area contributed by atoms with Crippen molar-refractivity contribution in [3.8, 4) is 0 Å². The zero-order chi connectivity index (χ0) is 12.4. The summed E-state index contributed by atoms with van der Waals surface area (Å²) in [6.45, 7) is 2.08. The Morgan fingerprint density at radius 1 is 1.41 bits per heavy atom. The van der Waals surface area contributed by atoms with Gasteiger partial charge < -0.3 is 0 Å². The van der Waals surface area contributed by atoms with Crippen LogP contribution in [0.25, 0.3) is 0 Å². The molecule has 1 unspecified atom stereocenters. The lowest BCUT2D eigenvalue weighted by molar-refractivity contribution is 0.641. The molecule has 90 valence electrons. The van der Waals surface area contributed by atoms with Crippen molar-refractivity contribution in [2.24, 2.45) is 5.84 Å². The highest BCUT2D eigenvalue weighted by molar-refractivity contribution is 9.10. The van der Waals surface area contributed by atoms with Gasteiger partial charge in [0.15, 0.2) is 0 Å². The third-order valence-corrected chi connectivity index (χ3v) is 4.61. The van der Waals surface area contributed by atoms with E-state index in [1.165, 1.54) is 10.4 Å². The number of rotatable bonds is 3. The van der Waals surface area contributed by atoms with Crippen LogP contribution in [0.2, 0.25) is 5.02 Å². The smallest absolute Gasteiger partial charge is 0.0816 e. The molecular formula is C12H12BrClN2S. The Hall–Kier alpha value is -0.390. The topological polar surface area (TPSA) is 38.0 Å². The Balaban J connectivity index is 2.46. The zero-order valence-electron chi connectivity index (χ0n) is 9.21. The maximum Gasteiger partial charge on any atom is 0.0816 e. The Bertz CT molecular complexity index is 527. The molecule has 0 aliphatic heterocycles. The van der Waals surface area contributed by atoms with E-state index < -0.39 is 0 Å². The summed E-state index contributed by atoms with van der Waals surface area (Å²) in [7, 11) is 0. The van der Waals surface area contributed by atoms with E-state index in [4.69, 9.17) is 17.4 Å². The van der Waals surface area contributed by atoms with Crippen molar-refractivity contribution in [2.45, 2.75) is 13.0 Å². The third kappa shape index (κ3) is 2.72. The summed E-state index contributed by atoms with van der Waals surface area (Å²) >= 11 is 11.2. The highest BCUT2D eigenvalue weighted by atomic mass is 79.9. The molecule has 0 saturated carbocycles. The van der Waals surface area contributed by atoms with Crippen molar-refractivity contribution < 1.29 is 0 Å². The van der Waals surface area contributed by atoms with Gasteiger partial charge in [0.2, 0.25) is 0 Å². The molecule has 2 aromatic rings. The lowest BCUT2D eigenvalue weighted by atomic mass is 10.0. The van der Waals surface area contributed by atoms with E-state index in [1.54, 1.807) is 11.3 Å². The number of hydrogen-bond donors (Lipinski definition) is 2. The molecule has 17 heavy (non-hydrogen) atoms. The summed E-state index contributed by atoms with van der Waals surface area (Å²) in [6, 6.07) is 7.81. The van der Waals surface area contributed by atoms with E-state index in [0.29, 0.717) is 5.02 Å². The second-order valence-corrected chi connectivity index (χ2v) is 5.97. The molecule has 0 fully saturated rings. The molecule has 2 nitrogen and oxygen atoms in total. The molecule has 0 amide bonds. The molecule has 0 spiro atoms. The summed E-state index contributed by atoms with van der Waals surface area (Å²) in [5.74, 6) is 5.67. The fourth-order valence-corrected chi connectivity index (χ4v) is 3.64. The minimum absolute atomic E-state index is 0.0124. The average molecular weight is 332 g/mol. The van der Waals surface area contributed by atoms with Gasteiger partial charge in [-0.1, -0.05) is 33.6 Å². The van der Waals surface area contributed by atoms with Gasteiger partial charge in [-0.05, 0) is 41.6 Å². The Morgan fingerprint density at radius 2 is 2.18 bits per heavy atom. The van der Waals surface area contributed by atoms with Gasteiger partial charge in [-0.25, -0.2) is 5.43 Å². The minimum atomic E-state index is -0.0124. The highest BCUT2D eigenvalue weighted by Crippen LogP contribution is 2.34. The first-order valence-electron chi connectivity index (χ1n) is 5.08. The lowest BCUT2D eigenvalue weighted by Crippen LogP contribution is -2.28. The predicted octanol–water partition coefficient (Wildman–Crippen LogP) is 4.03. The molecule has 0 aliphatic carbocycles. The number of aryl methyl sites for hydroxylation is 1. The second-order valence-electron chi connectivity index (χ2n) is 3.73. The number of nitrogens with one attached hydrogen (secondary N) is 1. The van der Waals surface area contributed by atoms with E-state index in [1.807, 2.05) is 18.2 Å². The molecule has 0 saturated heterocycles. The summed E-state index contributed by atoms with van der Waals surface area (Å²) in [6.07, 6.45) is 0. The highest BCUT2D eigenvalue weighted by Gasteiger charge is 2.18. The van der Waals surface area contributed by atoms with Crippen LogP contribution in [-0.4, -0.2) is 0 Å². The summed E-state index contributed by atoms with van der Waals surface area (Å²) in [5, 5.41) is 2.78. The van der Waals surface area contributed by atoms with Crippen molar-refractivity contribution in [3.63, 3.8) is 0 Å². The van der Waals surface area contributed by atoms with Gasteiger partial charge in [-0.2, -0.15) is 0 Å². The first-order valence-corrected chi connectivity index (χ1v) is 7.13. The number of benzene rings is 1. The van der Waals surface area contributed by atoms with Crippen LogP contribution in [0.1, 0.15) is 22.0 Å². The van der Waals surface area contributed by atoms with Gasteiger partial charge >= 0.3 is 0 Å². The van der Waals surface area contributed by atoms with Crippen LogP contribution >= 0.6 is 38.9 Å². The van der Waals surface area contributed by atoms with Crippen LogP contribution in [-0.2, 0) is 0 Å². The van der Waals surface area contributed by atoms with Gasteiger partial charge in [-0.15, -0.1) is 11.3 Å². The first-order chi connectivity index (χ1) is 8.13. The maximum absolute atomic E-state index is 5.94. The summed E-state index contributed by atoms with van der Waals surface area (Å²) < 4.78 is 0.959. The van der Waals surface area contributed by atoms with Crippen molar-refractivity contribution in [3.05, 3.63) is 55.1 Å². The predicted molar refractivity (Wildman–Crippen MR) is 77.4 cm³/mol. The van der Waals surface area contributed by atoms with Gasteiger partial charge in [-0.3, -0.25) is 5.84 Å². The zero-order valence-corrected chi connectivity index (χ0v) is 12.4. The monoisotopic (exact) mass is 330 g/mol. The van der Waals surface area contributed by atoms with Gasteiger partial charge in [0.1, 0.15) is 0 Å². The molecule has 1 heterocycles. The van der Waals surface area contributed by atoms with Crippen molar-refractivity contribution in [2.75, 3.05) is 0 Å². The van der Waals surface area contributed by atoms with Crippen LogP contribution in [0, 0.1) is 6.92 Å². The maximum atomic E-state index is 5.94. The largest absolute Gasteiger partial charge is 0.271 e. The Labute approximate surface area is 118 Å². The normalized spacial score (nSPS) is 12.7. The fourth-order valence-electron chi connectivity index (χ4n) is 1.72. The van der Waals surface area contributed by atoms with E-state index in [2.05, 4.69) is 39.7 Å². The summed E-state index contributed by atoms with van der Waals surface area (Å²) in [4.78, 5) is 1.22. The van der Waals surface area contributed by atoms with Crippen molar-refractivity contribution in [1.29, 1.82) is 0 Å². The van der Waals surface area contributed by atoms with Crippen LogP contribution in [0.3, 0.4) is 0 Å². The third-order valence-electron chi connectivity index (χ3n) is 2.60. The van der Waals surface area contributed by atoms with Crippen LogP contribution < -0.4 is 11.3 Å². The average Bonchev–Trinajstić information content (AvgIpc) is 2.69. The van der Waals surface area contributed by atoms with E-state index in [-0.39, 0.29) is 6.04 Å². The number of nitrogens with two attached hydrogens (primary N) is 1. The molecule has 1 atom stereocenters. The van der Waals surface area contributed by atoms with Gasteiger partial charge in [0, 0.05) is 14.4 Å². The molecule has 0 radical (unpaired) electrons. The van der Waals surface area contributed by atoms with E-state index in [0.717, 1.165) is 10.0 Å². The molecule has 1 aromatic heterocycles. The molecule has 2 rings (SSSR count). The van der Waals surface area contributed by atoms with Gasteiger partial charge in [0.05, 0.1) is 6.04 Å². The molecule has 5 heteroatoms. The number of hydrogen-bond acceptors (Lipinski definition) is 3. The Kier molecular flexibility index (Phi) is 4.22. The van der Waals surface area contributed by atoms with Crippen molar-refractivity contribution in [1.82, 2.24) is 5.43 Å². The number of thiophene rings is 1. The first kappa shape index (κ1) is 13.1. The minimum Gasteiger partial charge on any atom is -0.271 e. The van der Waals surface area contributed by atoms with Crippen LogP contribution in [0.15, 0.2) is 34.1 Å². The molecule has 0 aliphatic rings. The lowest BCUT2D eigenvalue weighted by Gasteiger charge is -2.17. The molecule has 0 bridgehead atoms. The molecular weight excluding hydrogens is 320 g/mol. The SMILES string of the molecule is Cc1ccsc1C(NN)c1ccc(Cl)cc1Br. The van der Waals surface area contributed by atoms with Gasteiger partial charge in [0.25, 0.3) is 0 Å². The molecule has 3 N–H and O–H groups in total. The second kappa shape index (κ2) is 5.50. The quantitative estimate of drug-likeness (QED) is 0.658. The standard InChI is InChI=1S/C12H12BrClN2S/c1-7-4-5-17-12(7)11(16-15)9-3-2-8(14)6-10(9)13/h2-6,11,16H,15H2,1H3.